The van der Waals surface area contributed by atoms with Crippen LogP contribution in [0.4, 0.5) is 0 Å². The summed E-state index contributed by atoms with van der Waals surface area (Å²) in [6.45, 7) is 3.65. The van der Waals surface area contributed by atoms with Gasteiger partial charge in [0.15, 0.2) is 0 Å². The van der Waals surface area contributed by atoms with Crippen molar-refractivity contribution < 1.29 is 14.0 Å². The largest absolute Gasteiger partial charge is 0.648 e. The Bertz CT molecular complexity index is 1960. The minimum Gasteiger partial charge on any atom is -0.648 e. The summed E-state index contributed by atoms with van der Waals surface area (Å²) in [4.78, 5) is 0. The van der Waals surface area contributed by atoms with Gasteiger partial charge in [-0.3, -0.25) is 0 Å². The number of unbranched alkanes of at least 4 members (excludes halogenated alkanes) is 4. The van der Waals surface area contributed by atoms with Crippen molar-refractivity contribution in [1.82, 2.24) is 0 Å². The summed E-state index contributed by atoms with van der Waals surface area (Å²) in [5.74, 6) is 8.36. The first kappa shape index (κ1) is 30.7. The number of benzene rings is 6. The topological polar surface area (TPSA) is 27.7 Å². The molecule has 0 unspecified atom stereocenters. The van der Waals surface area contributed by atoms with Gasteiger partial charge in [0.25, 0.3) is 0 Å². The van der Waals surface area contributed by atoms with E-state index >= 15 is 0 Å². The zero-order chi connectivity index (χ0) is 32.2. The fourth-order valence-corrected chi connectivity index (χ4v) is 6.74. The minimum atomic E-state index is -2.61. The number of hydrogen-bond donors (Lipinski definition) is 0. The summed E-state index contributed by atoms with van der Waals surface area (Å²) in [6, 6.07) is 42.5. The van der Waals surface area contributed by atoms with Crippen molar-refractivity contribution in [1.29, 1.82) is 0 Å². The lowest BCUT2D eigenvalue weighted by Crippen LogP contribution is -2.52. The van der Waals surface area contributed by atoms with Crippen LogP contribution in [0.15, 0.2) is 121 Å². The third-order valence-corrected chi connectivity index (χ3v) is 8.85. The van der Waals surface area contributed by atoms with Crippen LogP contribution in [0.3, 0.4) is 0 Å². The van der Waals surface area contributed by atoms with Crippen molar-refractivity contribution in [2.75, 3.05) is 0 Å². The molecule has 0 bridgehead atoms. The van der Waals surface area contributed by atoms with E-state index in [1.54, 1.807) is 0 Å². The van der Waals surface area contributed by atoms with Crippen molar-refractivity contribution in [3.8, 4) is 56.6 Å². The summed E-state index contributed by atoms with van der Waals surface area (Å²) in [5.41, 5.74) is 6.06. The standard InChI is InChI=1S/C43H40BO3/c1-4-5-6-7-8-19-28-44(45-31(2)3)46-42-38(32-20-11-9-12-21-32)29-34-24-15-17-26-36(34)40(42)41-37-27-18-16-25-35(37)30-39(43(41)47-44)33-22-13-10-14-23-33/h9-18,20-27,29-31H,4-8H2,1-3H3/q-1. The lowest BCUT2D eigenvalue weighted by atomic mass is 9.78. The molecule has 0 atom stereocenters. The van der Waals surface area contributed by atoms with E-state index < -0.39 is 6.75 Å². The quantitative estimate of drug-likeness (QED) is 0.0969. The van der Waals surface area contributed by atoms with E-state index in [1.165, 1.54) is 12.8 Å². The Morgan fingerprint density at radius 3 is 1.60 bits per heavy atom. The van der Waals surface area contributed by atoms with Crippen LogP contribution in [0.25, 0.3) is 54.9 Å². The maximum atomic E-state index is 7.24. The van der Waals surface area contributed by atoms with Gasteiger partial charge in [-0.25, -0.2) is 0 Å². The normalized spacial score (nSPS) is 13.2. The summed E-state index contributed by atoms with van der Waals surface area (Å²) in [5, 5.41) is 4.43. The molecular formula is C43H40BO3-. The first-order chi connectivity index (χ1) is 23.1. The van der Waals surface area contributed by atoms with Crippen molar-refractivity contribution in [2.45, 2.75) is 59.0 Å². The van der Waals surface area contributed by atoms with E-state index in [-0.39, 0.29) is 6.10 Å². The van der Waals surface area contributed by atoms with Gasteiger partial charge in [-0.1, -0.05) is 135 Å². The van der Waals surface area contributed by atoms with E-state index in [2.05, 4.69) is 128 Å². The van der Waals surface area contributed by atoms with Crippen molar-refractivity contribution >= 4 is 28.3 Å². The van der Waals surface area contributed by atoms with Gasteiger partial charge in [0, 0.05) is 34.8 Å². The molecule has 4 heteroatoms. The van der Waals surface area contributed by atoms with Gasteiger partial charge in [-0.2, -0.15) is 5.82 Å². The van der Waals surface area contributed by atoms with Crippen LogP contribution in [0, 0.1) is 11.7 Å². The van der Waals surface area contributed by atoms with Crippen LogP contribution in [0.1, 0.15) is 52.9 Å². The van der Waals surface area contributed by atoms with Gasteiger partial charge >= 0.3 is 6.75 Å². The fraction of sp³-hybridized carbons (Fsp3) is 0.209. The van der Waals surface area contributed by atoms with Crippen LogP contribution >= 0.6 is 0 Å². The van der Waals surface area contributed by atoms with Gasteiger partial charge in [0.05, 0.1) is 11.5 Å². The monoisotopic (exact) mass is 615 g/mol. The highest BCUT2D eigenvalue weighted by Crippen LogP contribution is 2.55. The molecule has 0 amide bonds. The van der Waals surface area contributed by atoms with E-state index in [0.29, 0.717) is 0 Å². The zero-order valence-corrected chi connectivity index (χ0v) is 27.5. The lowest BCUT2D eigenvalue weighted by molar-refractivity contribution is 0.139. The van der Waals surface area contributed by atoms with Gasteiger partial charge in [-0.15, -0.1) is 5.92 Å². The second-order valence-corrected chi connectivity index (χ2v) is 12.6. The number of rotatable bonds is 8. The third kappa shape index (κ3) is 6.12. The molecule has 0 fully saturated rings. The second kappa shape index (κ2) is 13.4. The first-order valence-electron chi connectivity index (χ1n) is 17.0. The average molecular weight is 616 g/mol. The molecule has 1 heterocycles. The van der Waals surface area contributed by atoms with E-state index in [0.717, 1.165) is 85.7 Å². The Balaban J connectivity index is 1.61. The molecule has 0 saturated carbocycles. The zero-order valence-electron chi connectivity index (χ0n) is 27.5. The molecule has 7 rings (SSSR count). The van der Waals surface area contributed by atoms with Gasteiger partial charge in [0.1, 0.15) is 0 Å². The third-order valence-electron chi connectivity index (χ3n) is 8.85. The van der Waals surface area contributed by atoms with E-state index in [9.17, 15) is 0 Å². The molecule has 1 aliphatic heterocycles. The average Bonchev–Trinajstić information content (AvgIpc) is 3.25. The molecule has 0 aromatic heterocycles. The molecule has 0 radical (unpaired) electrons. The Morgan fingerprint density at radius 1 is 0.617 bits per heavy atom. The molecule has 234 valence electrons. The van der Waals surface area contributed by atoms with Crippen LogP contribution in [-0.4, -0.2) is 12.9 Å². The summed E-state index contributed by atoms with van der Waals surface area (Å²) < 4.78 is 21.2. The number of hydrogen-bond acceptors (Lipinski definition) is 3. The van der Waals surface area contributed by atoms with Crippen molar-refractivity contribution in [3.05, 3.63) is 121 Å². The van der Waals surface area contributed by atoms with Crippen LogP contribution in [0.2, 0.25) is 0 Å². The Kier molecular flexibility index (Phi) is 8.75. The lowest BCUT2D eigenvalue weighted by Gasteiger charge is -2.40. The summed E-state index contributed by atoms with van der Waals surface area (Å²) in [6.07, 6.45) is 5.12. The molecule has 3 nitrogen and oxygen atoms in total. The molecule has 47 heavy (non-hydrogen) atoms. The molecule has 1 aliphatic rings. The minimum absolute atomic E-state index is 0.198. The summed E-state index contributed by atoms with van der Waals surface area (Å²) in [7, 11) is 0. The van der Waals surface area contributed by atoms with Crippen LogP contribution in [-0.2, 0) is 4.65 Å². The Hall–Kier alpha value is -4.98. The molecule has 0 aliphatic carbocycles. The maximum absolute atomic E-state index is 7.24. The summed E-state index contributed by atoms with van der Waals surface area (Å²) >= 11 is 0. The molecule has 6 aromatic carbocycles. The predicted octanol–water partition coefficient (Wildman–Crippen LogP) is 11.6. The highest BCUT2D eigenvalue weighted by molar-refractivity contribution is 6.71. The van der Waals surface area contributed by atoms with Crippen LogP contribution < -0.4 is 9.31 Å². The smallest absolute Gasteiger partial charge is 0.571 e. The van der Waals surface area contributed by atoms with Gasteiger partial charge in [-0.05, 0) is 65.1 Å². The van der Waals surface area contributed by atoms with Gasteiger partial charge in [0.2, 0.25) is 0 Å². The van der Waals surface area contributed by atoms with E-state index in [1.807, 2.05) is 26.0 Å². The highest BCUT2D eigenvalue weighted by atomic mass is 16.8. The molecule has 0 saturated heterocycles. The molecule has 0 N–H and O–H groups in total. The molecular weight excluding hydrogens is 575 g/mol. The van der Waals surface area contributed by atoms with Crippen molar-refractivity contribution in [2.24, 2.45) is 0 Å². The van der Waals surface area contributed by atoms with Crippen LogP contribution in [0.5, 0.6) is 11.5 Å². The van der Waals surface area contributed by atoms with Crippen molar-refractivity contribution in [3.63, 3.8) is 0 Å². The first-order valence-corrected chi connectivity index (χ1v) is 17.0. The SMILES string of the molecule is CCCCCCC#C[B-]1(OC(C)C)Oc2c(-c3ccccc3)cc3ccccc3c2-c2c(c(-c3ccccc3)cc3ccccc23)O1. The van der Waals surface area contributed by atoms with Gasteiger partial charge < -0.3 is 14.0 Å². The Morgan fingerprint density at radius 2 is 1.11 bits per heavy atom. The molecule has 6 aromatic rings. The predicted molar refractivity (Wildman–Crippen MR) is 198 cm³/mol. The molecule has 0 spiro atoms. The van der Waals surface area contributed by atoms with E-state index in [4.69, 9.17) is 14.0 Å². The highest BCUT2D eigenvalue weighted by Gasteiger charge is 2.40. The fourth-order valence-electron chi connectivity index (χ4n) is 6.74. The second-order valence-electron chi connectivity index (χ2n) is 12.6. The Labute approximate surface area is 278 Å². The number of fused-ring (bicyclic) bond motifs is 7. The maximum Gasteiger partial charge on any atom is 0.571 e.